The molecule has 1 aliphatic rings. The van der Waals surface area contributed by atoms with Gasteiger partial charge in [0.25, 0.3) is 0 Å². The summed E-state index contributed by atoms with van der Waals surface area (Å²) in [5.41, 5.74) is 0. The predicted molar refractivity (Wildman–Crippen MR) is 69.6 cm³/mol. The van der Waals surface area contributed by atoms with E-state index in [0.29, 0.717) is 10.00 Å². The van der Waals surface area contributed by atoms with Gasteiger partial charge in [-0.3, -0.25) is 4.99 Å². The number of rotatable bonds is 4. The Morgan fingerprint density at radius 1 is 1.64 bits per heavy atom. The highest BCUT2D eigenvalue weighted by molar-refractivity contribution is 8.14. The summed E-state index contributed by atoms with van der Waals surface area (Å²) >= 11 is 3.78. The molecule has 1 heterocycles. The molecule has 1 aliphatic heterocycles. The van der Waals surface area contributed by atoms with E-state index < -0.39 is 0 Å². The van der Waals surface area contributed by atoms with Gasteiger partial charge in [-0.15, -0.1) is 0 Å². The Morgan fingerprint density at radius 2 is 2.36 bits per heavy atom. The fourth-order valence-corrected chi connectivity index (χ4v) is 2.24. The van der Waals surface area contributed by atoms with Gasteiger partial charge in [0.1, 0.15) is 0 Å². The lowest BCUT2D eigenvalue weighted by Gasteiger charge is -2.22. The lowest BCUT2D eigenvalue weighted by atomic mass is 10.2. The number of thioether (sulfide) groups is 2. The van der Waals surface area contributed by atoms with Gasteiger partial charge in [0, 0.05) is 16.5 Å². The van der Waals surface area contributed by atoms with Crippen LogP contribution in [0.1, 0.15) is 27.2 Å². The molecule has 82 valence electrons. The van der Waals surface area contributed by atoms with Crippen LogP contribution in [-0.4, -0.2) is 34.5 Å². The standard InChI is InChI=1S/C10H20N2S2/c1-5-8-6-11-9(14-8)12-7-10(2,3)13-4/h8H,5-7H2,1-4H3,(H,11,12). The molecular formula is C10H20N2S2. The van der Waals surface area contributed by atoms with Crippen LogP contribution in [0.25, 0.3) is 0 Å². The van der Waals surface area contributed by atoms with Crippen molar-refractivity contribution in [3.8, 4) is 0 Å². The largest absolute Gasteiger partial charge is 0.364 e. The van der Waals surface area contributed by atoms with E-state index in [1.54, 1.807) is 0 Å². The van der Waals surface area contributed by atoms with Crippen molar-refractivity contribution in [2.45, 2.75) is 37.2 Å². The first-order valence-electron chi connectivity index (χ1n) is 5.07. The highest BCUT2D eigenvalue weighted by Gasteiger charge is 2.21. The van der Waals surface area contributed by atoms with Crippen molar-refractivity contribution in [3.63, 3.8) is 0 Å². The Labute approximate surface area is 95.7 Å². The molecule has 0 saturated heterocycles. The monoisotopic (exact) mass is 232 g/mol. The van der Waals surface area contributed by atoms with Gasteiger partial charge in [-0.1, -0.05) is 18.7 Å². The summed E-state index contributed by atoms with van der Waals surface area (Å²) in [6.07, 6.45) is 3.37. The fraction of sp³-hybridized carbons (Fsp3) is 0.900. The van der Waals surface area contributed by atoms with Gasteiger partial charge in [0.2, 0.25) is 0 Å². The summed E-state index contributed by atoms with van der Waals surface area (Å²) in [4.78, 5) is 4.48. The van der Waals surface area contributed by atoms with Crippen LogP contribution in [0.4, 0.5) is 0 Å². The summed E-state index contributed by atoms with van der Waals surface area (Å²) in [5, 5.41) is 5.27. The van der Waals surface area contributed by atoms with E-state index in [9.17, 15) is 0 Å². The molecule has 0 bridgehead atoms. The average Bonchev–Trinajstić information content (AvgIpc) is 2.63. The molecule has 0 saturated carbocycles. The Morgan fingerprint density at radius 3 is 2.86 bits per heavy atom. The van der Waals surface area contributed by atoms with E-state index in [1.807, 2.05) is 23.5 Å². The molecule has 4 heteroatoms. The minimum Gasteiger partial charge on any atom is -0.364 e. The second-order valence-electron chi connectivity index (χ2n) is 4.11. The lowest BCUT2D eigenvalue weighted by molar-refractivity contribution is 0.682. The second kappa shape index (κ2) is 5.31. The smallest absolute Gasteiger partial charge is 0.156 e. The molecule has 0 aromatic rings. The van der Waals surface area contributed by atoms with Crippen LogP contribution >= 0.6 is 23.5 Å². The van der Waals surface area contributed by atoms with Crippen molar-refractivity contribution in [1.82, 2.24) is 5.32 Å². The number of nitrogens with zero attached hydrogens (tertiary/aromatic N) is 1. The Kier molecular flexibility index (Phi) is 4.64. The molecule has 14 heavy (non-hydrogen) atoms. The van der Waals surface area contributed by atoms with Crippen LogP contribution in [0.5, 0.6) is 0 Å². The number of hydrogen-bond acceptors (Lipinski definition) is 4. The molecule has 1 unspecified atom stereocenters. The molecule has 0 radical (unpaired) electrons. The third kappa shape index (κ3) is 3.73. The summed E-state index contributed by atoms with van der Waals surface area (Å²) < 4.78 is 0.299. The van der Waals surface area contributed by atoms with Gasteiger partial charge >= 0.3 is 0 Å². The van der Waals surface area contributed by atoms with E-state index in [0.717, 1.165) is 18.3 Å². The normalized spacial score (nSPS) is 22.3. The molecule has 0 amide bonds. The first-order valence-corrected chi connectivity index (χ1v) is 7.18. The summed E-state index contributed by atoms with van der Waals surface area (Å²) in [7, 11) is 0. The SMILES string of the molecule is CCC1CN=C(NCC(C)(C)SC)S1. The number of amidine groups is 1. The minimum absolute atomic E-state index is 0.299. The molecule has 0 aliphatic carbocycles. The van der Waals surface area contributed by atoms with E-state index in [1.165, 1.54) is 6.42 Å². The maximum Gasteiger partial charge on any atom is 0.156 e. The van der Waals surface area contributed by atoms with E-state index in [-0.39, 0.29) is 0 Å². The molecule has 0 aromatic carbocycles. The van der Waals surface area contributed by atoms with Crippen LogP contribution in [0, 0.1) is 0 Å². The first-order chi connectivity index (χ1) is 6.57. The van der Waals surface area contributed by atoms with Crippen molar-refractivity contribution < 1.29 is 0 Å². The van der Waals surface area contributed by atoms with E-state index in [2.05, 4.69) is 37.3 Å². The third-order valence-electron chi connectivity index (χ3n) is 2.39. The highest BCUT2D eigenvalue weighted by Crippen LogP contribution is 2.24. The van der Waals surface area contributed by atoms with Crippen molar-refractivity contribution in [1.29, 1.82) is 0 Å². The van der Waals surface area contributed by atoms with Gasteiger partial charge < -0.3 is 5.32 Å². The molecule has 0 fully saturated rings. The Bertz CT molecular complexity index is 214. The molecule has 1 atom stereocenters. The van der Waals surface area contributed by atoms with Gasteiger partial charge in [0.15, 0.2) is 5.17 Å². The minimum atomic E-state index is 0.299. The van der Waals surface area contributed by atoms with Gasteiger partial charge in [-0.25, -0.2) is 0 Å². The fourth-order valence-electron chi connectivity index (χ4n) is 1.09. The molecule has 0 aromatic heterocycles. The van der Waals surface area contributed by atoms with Crippen LogP contribution in [0.15, 0.2) is 4.99 Å². The average molecular weight is 232 g/mol. The zero-order chi connectivity index (χ0) is 10.6. The maximum atomic E-state index is 4.48. The third-order valence-corrected chi connectivity index (χ3v) is 4.95. The summed E-state index contributed by atoms with van der Waals surface area (Å²) in [5.74, 6) is 0. The quantitative estimate of drug-likeness (QED) is 0.806. The van der Waals surface area contributed by atoms with Crippen molar-refractivity contribution >= 4 is 28.7 Å². The van der Waals surface area contributed by atoms with E-state index >= 15 is 0 Å². The molecule has 1 rings (SSSR count). The van der Waals surface area contributed by atoms with E-state index in [4.69, 9.17) is 0 Å². The zero-order valence-electron chi connectivity index (χ0n) is 9.46. The summed E-state index contributed by atoms with van der Waals surface area (Å²) in [6.45, 7) is 8.71. The van der Waals surface area contributed by atoms with Crippen LogP contribution in [0.3, 0.4) is 0 Å². The number of hydrogen-bond donors (Lipinski definition) is 1. The summed E-state index contributed by atoms with van der Waals surface area (Å²) in [6, 6.07) is 0. The van der Waals surface area contributed by atoms with Crippen LogP contribution in [0.2, 0.25) is 0 Å². The van der Waals surface area contributed by atoms with Crippen molar-refractivity contribution in [2.75, 3.05) is 19.3 Å². The van der Waals surface area contributed by atoms with Crippen molar-refractivity contribution in [2.24, 2.45) is 4.99 Å². The lowest BCUT2D eigenvalue weighted by Crippen LogP contribution is -2.34. The highest BCUT2D eigenvalue weighted by atomic mass is 32.2. The predicted octanol–water partition coefficient (Wildman–Crippen LogP) is 2.60. The molecule has 1 N–H and O–H groups in total. The number of aliphatic imine (C=N–C) groups is 1. The van der Waals surface area contributed by atoms with Gasteiger partial charge in [0.05, 0.1) is 6.54 Å². The molecular weight excluding hydrogens is 212 g/mol. The number of nitrogens with one attached hydrogen (secondary N) is 1. The van der Waals surface area contributed by atoms with Crippen molar-refractivity contribution in [3.05, 3.63) is 0 Å². The maximum absolute atomic E-state index is 4.48. The van der Waals surface area contributed by atoms with Gasteiger partial charge in [-0.05, 0) is 26.5 Å². The molecule has 2 nitrogen and oxygen atoms in total. The van der Waals surface area contributed by atoms with Gasteiger partial charge in [-0.2, -0.15) is 11.8 Å². The van der Waals surface area contributed by atoms with Crippen LogP contribution < -0.4 is 5.32 Å². The first kappa shape index (κ1) is 12.2. The van der Waals surface area contributed by atoms with Crippen LogP contribution in [-0.2, 0) is 0 Å². The topological polar surface area (TPSA) is 24.4 Å². The Balaban J connectivity index is 2.27. The Hall–Kier alpha value is 0.170. The zero-order valence-corrected chi connectivity index (χ0v) is 11.1. The molecule has 0 spiro atoms. The second-order valence-corrected chi connectivity index (χ2v) is 6.91.